The fourth-order valence-corrected chi connectivity index (χ4v) is 1.47. The number of H-pyrrole nitrogens is 1. The smallest absolute Gasteiger partial charge is 0.408 e. The van der Waals surface area contributed by atoms with Gasteiger partial charge in [0.1, 0.15) is 0 Å². The van der Waals surface area contributed by atoms with Gasteiger partial charge in [-0.1, -0.05) is 0 Å². The van der Waals surface area contributed by atoms with Crippen molar-refractivity contribution in [1.29, 1.82) is 0 Å². The lowest BCUT2D eigenvalue weighted by Crippen LogP contribution is -2.42. The van der Waals surface area contributed by atoms with Gasteiger partial charge in [-0.2, -0.15) is 0 Å². The van der Waals surface area contributed by atoms with E-state index in [0.717, 1.165) is 12.2 Å². The summed E-state index contributed by atoms with van der Waals surface area (Å²) in [5.74, 6) is -0.423. The number of hydrogen-bond donors (Lipinski definition) is 3. The second kappa shape index (κ2) is 4.25. The molecule has 5 nitrogen and oxygen atoms in total. The third-order valence-corrected chi connectivity index (χ3v) is 2.83. The van der Waals surface area contributed by atoms with E-state index < -0.39 is 5.76 Å². The van der Waals surface area contributed by atoms with Gasteiger partial charge in [-0.3, -0.25) is 4.98 Å². The van der Waals surface area contributed by atoms with E-state index in [2.05, 4.69) is 29.5 Å². The largest absolute Gasteiger partial charge is 0.417 e. The van der Waals surface area contributed by atoms with E-state index in [1.54, 1.807) is 6.07 Å². The van der Waals surface area contributed by atoms with Gasteiger partial charge in [-0.25, -0.2) is 4.79 Å². The van der Waals surface area contributed by atoms with Crippen LogP contribution in [0.15, 0.2) is 27.4 Å². The molecule has 0 atom stereocenters. The highest BCUT2D eigenvalue weighted by molar-refractivity contribution is 5.76. The fraction of sp³-hybridized carbons (Fsp3) is 0.417. The molecule has 0 aliphatic heterocycles. The zero-order valence-electron chi connectivity index (χ0n) is 10.3. The minimum atomic E-state index is -0.423. The molecule has 0 aliphatic carbocycles. The molecule has 2 rings (SSSR count). The monoisotopic (exact) mass is 235 g/mol. The molecule has 1 heterocycles. The predicted molar refractivity (Wildman–Crippen MR) is 68.5 cm³/mol. The van der Waals surface area contributed by atoms with Crippen LogP contribution >= 0.6 is 0 Å². The van der Waals surface area contributed by atoms with Crippen molar-refractivity contribution in [3.8, 4) is 0 Å². The summed E-state index contributed by atoms with van der Waals surface area (Å²) in [7, 11) is 1.93. The summed E-state index contributed by atoms with van der Waals surface area (Å²) in [5, 5.41) is 6.53. The zero-order chi connectivity index (χ0) is 12.5. The lowest BCUT2D eigenvalue weighted by atomic mass is 10.1. The Morgan fingerprint density at radius 1 is 1.41 bits per heavy atom. The van der Waals surface area contributed by atoms with Crippen molar-refractivity contribution in [3.05, 3.63) is 28.7 Å². The molecule has 2 aromatic rings. The van der Waals surface area contributed by atoms with Gasteiger partial charge in [0.2, 0.25) is 0 Å². The Kier molecular flexibility index (Phi) is 2.93. The van der Waals surface area contributed by atoms with Crippen LogP contribution < -0.4 is 16.4 Å². The van der Waals surface area contributed by atoms with Gasteiger partial charge >= 0.3 is 5.76 Å². The average molecular weight is 235 g/mol. The van der Waals surface area contributed by atoms with Crippen molar-refractivity contribution in [2.24, 2.45) is 0 Å². The molecular weight excluding hydrogens is 218 g/mol. The van der Waals surface area contributed by atoms with Crippen molar-refractivity contribution in [1.82, 2.24) is 10.3 Å². The van der Waals surface area contributed by atoms with Gasteiger partial charge in [-0.15, -0.1) is 0 Å². The highest BCUT2D eigenvalue weighted by Crippen LogP contribution is 2.16. The maximum atomic E-state index is 11.0. The normalized spacial score (nSPS) is 11.9. The first-order chi connectivity index (χ1) is 8.00. The second-order valence-electron chi connectivity index (χ2n) is 4.71. The minimum Gasteiger partial charge on any atom is -0.408 e. The number of anilines is 1. The maximum absolute atomic E-state index is 11.0. The van der Waals surface area contributed by atoms with Crippen LogP contribution in [-0.2, 0) is 0 Å². The molecule has 0 saturated heterocycles. The topological polar surface area (TPSA) is 70.1 Å². The molecule has 0 spiro atoms. The quantitative estimate of drug-likeness (QED) is 0.751. The molecule has 17 heavy (non-hydrogen) atoms. The third kappa shape index (κ3) is 2.68. The van der Waals surface area contributed by atoms with Gasteiger partial charge in [0.15, 0.2) is 5.58 Å². The number of benzene rings is 1. The summed E-state index contributed by atoms with van der Waals surface area (Å²) in [6, 6.07) is 5.54. The number of rotatable bonds is 4. The Hall–Kier alpha value is -1.75. The lowest BCUT2D eigenvalue weighted by molar-refractivity contribution is 0.448. The van der Waals surface area contributed by atoms with E-state index in [9.17, 15) is 4.79 Å². The van der Waals surface area contributed by atoms with Gasteiger partial charge < -0.3 is 15.1 Å². The molecular formula is C12H17N3O2. The van der Waals surface area contributed by atoms with Crippen LogP contribution in [0, 0.1) is 0 Å². The summed E-state index contributed by atoms with van der Waals surface area (Å²) in [6.45, 7) is 5.01. The zero-order valence-corrected chi connectivity index (χ0v) is 10.3. The summed E-state index contributed by atoms with van der Waals surface area (Å²) in [5.41, 5.74) is 2.26. The Labute approximate surface area is 99.2 Å². The van der Waals surface area contributed by atoms with Gasteiger partial charge in [0.05, 0.1) is 5.52 Å². The number of aromatic nitrogens is 1. The van der Waals surface area contributed by atoms with E-state index >= 15 is 0 Å². The maximum Gasteiger partial charge on any atom is 0.417 e. The van der Waals surface area contributed by atoms with Gasteiger partial charge in [-0.05, 0) is 39.1 Å². The SMILES string of the molecule is CNC(C)(C)CNc1ccc2oc(=O)[nH]c2c1. The lowest BCUT2D eigenvalue weighted by Gasteiger charge is -2.24. The molecule has 0 aliphatic rings. The Morgan fingerprint density at radius 2 is 2.18 bits per heavy atom. The number of aromatic amines is 1. The van der Waals surface area contributed by atoms with E-state index in [1.165, 1.54) is 0 Å². The van der Waals surface area contributed by atoms with Crippen LogP contribution in [-0.4, -0.2) is 24.1 Å². The standard InChI is InChI=1S/C12H17N3O2/c1-12(2,13-3)7-14-8-4-5-10-9(6-8)15-11(16)17-10/h4-6,13-14H,7H2,1-3H3,(H,15,16). The Balaban J connectivity index is 2.17. The van der Waals surface area contributed by atoms with Crippen LogP contribution in [0.4, 0.5) is 5.69 Å². The summed E-state index contributed by atoms with van der Waals surface area (Å²) in [4.78, 5) is 13.6. The van der Waals surface area contributed by atoms with E-state index in [4.69, 9.17) is 4.42 Å². The molecule has 0 radical (unpaired) electrons. The molecule has 1 aromatic heterocycles. The number of likely N-dealkylation sites (N-methyl/N-ethyl adjacent to an activating group) is 1. The van der Waals surface area contributed by atoms with Crippen LogP contribution in [0.2, 0.25) is 0 Å². The summed E-state index contributed by atoms with van der Waals surface area (Å²) < 4.78 is 4.94. The van der Waals surface area contributed by atoms with Crippen molar-refractivity contribution >= 4 is 16.8 Å². The van der Waals surface area contributed by atoms with Crippen LogP contribution in [0.25, 0.3) is 11.1 Å². The molecule has 92 valence electrons. The van der Waals surface area contributed by atoms with E-state index in [-0.39, 0.29) is 5.54 Å². The highest BCUT2D eigenvalue weighted by Gasteiger charge is 2.13. The minimum absolute atomic E-state index is 0.0127. The first-order valence-corrected chi connectivity index (χ1v) is 5.56. The average Bonchev–Trinajstić information content (AvgIpc) is 2.66. The summed E-state index contributed by atoms with van der Waals surface area (Å²) >= 11 is 0. The first-order valence-electron chi connectivity index (χ1n) is 5.56. The number of hydrogen-bond acceptors (Lipinski definition) is 4. The Morgan fingerprint density at radius 3 is 2.88 bits per heavy atom. The van der Waals surface area contributed by atoms with Crippen LogP contribution in [0.1, 0.15) is 13.8 Å². The molecule has 0 fully saturated rings. The van der Waals surface area contributed by atoms with Gasteiger partial charge in [0.25, 0.3) is 0 Å². The van der Waals surface area contributed by atoms with Crippen molar-refractivity contribution in [3.63, 3.8) is 0 Å². The molecule has 0 bridgehead atoms. The van der Waals surface area contributed by atoms with E-state index in [0.29, 0.717) is 11.1 Å². The van der Waals surface area contributed by atoms with Crippen molar-refractivity contribution in [2.45, 2.75) is 19.4 Å². The molecule has 3 N–H and O–H groups in total. The van der Waals surface area contributed by atoms with Gasteiger partial charge in [0, 0.05) is 17.8 Å². The first kappa shape index (κ1) is 11.7. The number of nitrogens with one attached hydrogen (secondary N) is 3. The summed E-state index contributed by atoms with van der Waals surface area (Å²) in [6.07, 6.45) is 0. The molecule has 5 heteroatoms. The second-order valence-corrected chi connectivity index (χ2v) is 4.71. The van der Waals surface area contributed by atoms with Crippen LogP contribution in [0.5, 0.6) is 0 Å². The predicted octanol–water partition coefficient (Wildman–Crippen LogP) is 1.53. The van der Waals surface area contributed by atoms with Crippen molar-refractivity contribution < 1.29 is 4.42 Å². The van der Waals surface area contributed by atoms with Crippen LogP contribution in [0.3, 0.4) is 0 Å². The molecule has 0 saturated carbocycles. The molecule has 1 aromatic carbocycles. The molecule has 0 amide bonds. The fourth-order valence-electron chi connectivity index (χ4n) is 1.47. The number of oxazole rings is 1. The highest BCUT2D eigenvalue weighted by atomic mass is 16.4. The molecule has 0 unspecified atom stereocenters. The third-order valence-electron chi connectivity index (χ3n) is 2.83. The Bertz CT molecular complexity index is 568. The number of fused-ring (bicyclic) bond motifs is 1. The van der Waals surface area contributed by atoms with E-state index in [1.807, 2.05) is 19.2 Å². The van der Waals surface area contributed by atoms with Crippen molar-refractivity contribution in [2.75, 3.05) is 18.9 Å².